The van der Waals surface area contributed by atoms with Gasteiger partial charge in [0.2, 0.25) is 0 Å². The second kappa shape index (κ2) is 7.71. The molecule has 0 saturated carbocycles. The number of nitrogens with one attached hydrogen (secondary N) is 2. The van der Waals surface area contributed by atoms with E-state index in [9.17, 15) is 9.59 Å². The minimum absolute atomic E-state index is 0.346. The molecule has 2 N–H and O–H groups in total. The van der Waals surface area contributed by atoms with Crippen LogP contribution < -0.4 is 15.6 Å². The van der Waals surface area contributed by atoms with E-state index in [4.69, 9.17) is 4.74 Å². The summed E-state index contributed by atoms with van der Waals surface area (Å²) in [6.45, 7) is 0.381. The van der Waals surface area contributed by atoms with E-state index < -0.39 is 5.91 Å². The van der Waals surface area contributed by atoms with Crippen molar-refractivity contribution in [3.05, 3.63) is 68.8 Å². The maximum Gasteiger partial charge on any atom is 0.279 e. The summed E-state index contributed by atoms with van der Waals surface area (Å²) in [4.78, 5) is 28.4. The molecule has 0 aliphatic rings. The van der Waals surface area contributed by atoms with Crippen molar-refractivity contribution in [2.24, 2.45) is 0 Å². The van der Waals surface area contributed by atoms with Gasteiger partial charge in [0.1, 0.15) is 12.4 Å². The lowest BCUT2D eigenvalue weighted by molar-refractivity contribution is 0.0849. The summed E-state index contributed by atoms with van der Waals surface area (Å²) in [7, 11) is 0. The number of thiophene rings is 1. The van der Waals surface area contributed by atoms with Crippen LogP contribution >= 0.6 is 22.7 Å². The zero-order chi connectivity index (χ0) is 16.8. The highest BCUT2D eigenvalue weighted by Gasteiger charge is 2.09. The average Bonchev–Trinajstić information content (AvgIpc) is 3.31. The first-order valence-corrected chi connectivity index (χ1v) is 8.79. The Bertz CT molecular complexity index is 800. The molecule has 0 radical (unpaired) electrons. The Balaban J connectivity index is 1.51. The third-order valence-electron chi connectivity index (χ3n) is 3.02. The molecule has 2 amide bonds. The van der Waals surface area contributed by atoms with E-state index in [1.54, 1.807) is 47.3 Å². The van der Waals surface area contributed by atoms with Gasteiger partial charge < -0.3 is 4.74 Å². The summed E-state index contributed by atoms with van der Waals surface area (Å²) in [5.74, 6) is -0.102. The first-order chi connectivity index (χ1) is 11.7. The number of aromatic nitrogens is 1. The minimum atomic E-state index is -0.397. The van der Waals surface area contributed by atoms with E-state index >= 15 is 0 Å². The topological polar surface area (TPSA) is 80.3 Å². The van der Waals surface area contributed by atoms with Gasteiger partial charge in [-0.05, 0) is 35.7 Å². The fourth-order valence-corrected chi connectivity index (χ4v) is 2.99. The van der Waals surface area contributed by atoms with Crippen LogP contribution in [-0.2, 0) is 6.61 Å². The SMILES string of the molecule is O=C(NNC(=O)c1cccs1)c1ccc(OCc2cscn2)cc1. The Hall–Kier alpha value is -2.71. The lowest BCUT2D eigenvalue weighted by atomic mass is 10.2. The molecule has 3 rings (SSSR count). The molecule has 0 fully saturated rings. The highest BCUT2D eigenvalue weighted by atomic mass is 32.1. The van der Waals surface area contributed by atoms with Crippen LogP contribution in [0.4, 0.5) is 0 Å². The van der Waals surface area contributed by atoms with Crippen LogP contribution in [0.5, 0.6) is 5.75 Å². The Morgan fingerprint density at radius 1 is 1.08 bits per heavy atom. The van der Waals surface area contributed by atoms with Crippen LogP contribution in [0, 0.1) is 0 Å². The Labute approximate surface area is 146 Å². The zero-order valence-electron chi connectivity index (χ0n) is 12.4. The van der Waals surface area contributed by atoms with Gasteiger partial charge in [-0.15, -0.1) is 22.7 Å². The van der Waals surface area contributed by atoms with Gasteiger partial charge in [0.25, 0.3) is 11.8 Å². The minimum Gasteiger partial charge on any atom is -0.487 e. The molecule has 2 aromatic heterocycles. The smallest absolute Gasteiger partial charge is 0.279 e. The number of carbonyl (C=O) groups is 2. The monoisotopic (exact) mass is 359 g/mol. The highest BCUT2D eigenvalue weighted by molar-refractivity contribution is 7.12. The summed E-state index contributed by atoms with van der Waals surface area (Å²) < 4.78 is 5.58. The molecule has 0 atom stereocenters. The number of hydrogen-bond acceptors (Lipinski definition) is 6. The summed E-state index contributed by atoms with van der Waals surface area (Å²) in [5, 5.41) is 3.71. The third-order valence-corrected chi connectivity index (χ3v) is 4.53. The fourth-order valence-electron chi connectivity index (χ4n) is 1.82. The molecule has 0 aliphatic heterocycles. The van der Waals surface area contributed by atoms with Gasteiger partial charge in [-0.3, -0.25) is 20.4 Å². The molecule has 24 heavy (non-hydrogen) atoms. The maximum atomic E-state index is 12.0. The van der Waals surface area contributed by atoms with Crippen molar-refractivity contribution in [3.63, 3.8) is 0 Å². The van der Waals surface area contributed by atoms with Crippen molar-refractivity contribution in [2.75, 3.05) is 0 Å². The molecule has 1 aromatic carbocycles. The predicted octanol–water partition coefficient (Wildman–Crippen LogP) is 2.86. The van der Waals surface area contributed by atoms with Crippen molar-refractivity contribution in [3.8, 4) is 5.75 Å². The number of benzene rings is 1. The Morgan fingerprint density at radius 3 is 2.54 bits per heavy atom. The summed E-state index contributed by atoms with van der Waals surface area (Å²) >= 11 is 2.81. The second-order valence-corrected chi connectivity index (χ2v) is 6.34. The van der Waals surface area contributed by atoms with E-state index in [0.717, 1.165) is 5.69 Å². The normalized spacial score (nSPS) is 10.2. The van der Waals surface area contributed by atoms with Crippen LogP contribution in [0.1, 0.15) is 25.7 Å². The average molecular weight is 359 g/mol. The largest absolute Gasteiger partial charge is 0.487 e. The third kappa shape index (κ3) is 4.18. The molecule has 0 unspecified atom stereocenters. The van der Waals surface area contributed by atoms with E-state index in [1.165, 1.54) is 22.7 Å². The Morgan fingerprint density at radius 2 is 1.88 bits per heavy atom. The predicted molar refractivity (Wildman–Crippen MR) is 92.1 cm³/mol. The lowest BCUT2D eigenvalue weighted by Gasteiger charge is -2.08. The van der Waals surface area contributed by atoms with Crippen LogP contribution in [-0.4, -0.2) is 16.8 Å². The molecule has 122 valence electrons. The van der Waals surface area contributed by atoms with Gasteiger partial charge in [-0.25, -0.2) is 4.98 Å². The van der Waals surface area contributed by atoms with Gasteiger partial charge in [-0.1, -0.05) is 6.07 Å². The molecule has 0 saturated heterocycles. The molecule has 0 spiro atoms. The van der Waals surface area contributed by atoms with Gasteiger partial charge in [-0.2, -0.15) is 0 Å². The van der Waals surface area contributed by atoms with E-state index in [0.29, 0.717) is 22.8 Å². The van der Waals surface area contributed by atoms with Crippen molar-refractivity contribution in [1.29, 1.82) is 0 Å². The van der Waals surface area contributed by atoms with Gasteiger partial charge >= 0.3 is 0 Å². The molecule has 8 heteroatoms. The number of ether oxygens (including phenoxy) is 1. The number of rotatable bonds is 5. The summed E-state index contributed by atoms with van der Waals surface area (Å²) in [6, 6.07) is 10.1. The number of amides is 2. The van der Waals surface area contributed by atoms with Crippen LogP contribution in [0.15, 0.2) is 52.7 Å². The maximum absolute atomic E-state index is 12.0. The van der Waals surface area contributed by atoms with Gasteiger partial charge in [0.15, 0.2) is 0 Å². The Kier molecular flexibility index (Phi) is 5.19. The molecular weight excluding hydrogens is 346 g/mol. The van der Waals surface area contributed by atoms with E-state index in [-0.39, 0.29) is 5.91 Å². The lowest BCUT2D eigenvalue weighted by Crippen LogP contribution is -2.41. The van der Waals surface area contributed by atoms with Crippen molar-refractivity contribution < 1.29 is 14.3 Å². The molecule has 0 aliphatic carbocycles. The second-order valence-electron chi connectivity index (χ2n) is 4.68. The van der Waals surface area contributed by atoms with Crippen molar-refractivity contribution in [1.82, 2.24) is 15.8 Å². The number of hydrazine groups is 1. The van der Waals surface area contributed by atoms with Crippen LogP contribution in [0.2, 0.25) is 0 Å². The van der Waals surface area contributed by atoms with Gasteiger partial charge in [0.05, 0.1) is 16.1 Å². The zero-order valence-corrected chi connectivity index (χ0v) is 14.0. The summed E-state index contributed by atoms with van der Waals surface area (Å²) in [5.41, 5.74) is 7.78. The van der Waals surface area contributed by atoms with E-state index in [2.05, 4.69) is 15.8 Å². The summed E-state index contributed by atoms with van der Waals surface area (Å²) in [6.07, 6.45) is 0. The number of hydrogen-bond donors (Lipinski definition) is 2. The molecular formula is C16H13N3O3S2. The molecule has 6 nitrogen and oxygen atoms in total. The van der Waals surface area contributed by atoms with Crippen LogP contribution in [0.25, 0.3) is 0 Å². The molecule has 3 aromatic rings. The highest BCUT2D eigenvalue weighted by Crippen LogP contribution is 2.14. The van der Waals surface area contributed by atoms with Gasteiger partial charge in [0, 0.05) is 10.9 Å². The number of carbonyl (C=O) groups excluding carboxylic acids is 2. The quantitative estimate of drug-likeness (QED) is 0.687. The van der Waals surface area contributed by atoms with Crippen molar-refractivity contribution >= 4 is 34.5 Å². The number of thiazole rings is 1. The van der Waals surface area contributed by atoms with Crippen molar-refractivity contribution in [2.45, 2.75) is 6.61 Å². The van der Waals surface area contributed by atoms with Crippen LogP contribution in [0.3, 0.4) is 0 Å². The first-order valence-electron chi connectivity index (χ1n) is 6.96. The fraction of sp³-hybridized carbons (Fsp3) is 0.0625. The number of nitrogens with zero attached hydrogens (tertiary/aromatic N) is 1. The first kappa shape index (κ1) is 16.2. The standard InChI is InChI=1S/C16H13N3O3S2/c20-15(18-19-16(21)14-2-1-7-24-14)11-3-5-13(6-4-11)22-8-12-9-23-10-17-12/h1-7,9-10H,8H2,(H,18,20)(H,19,21). The molecule has 2 heterocycles. The molecule has 0 bridgehead atoms. The van der Waals surface area contributed by atoms with E-state index in [1.807, 2.05) is 5.38 Å².